The third kappa shape index (κ3) is 2.99. The van der Waals surface area contributed by atoms with Gasteiger partial charge in [0.1, 0.15) is 5.69 Å². The van der Waals surface area contributed by atoms with Crippen molar-refractivity contribution in [1.29, 1.82) is 0 Å². The lowest BCUT2D eigenvalue weighted by Crippen LogP contribution is -2.27. The Morgan fingerprint density at radius 1 is 1.53 bits per heavy atom. The van der Waals surface area contributed by atoms with Gasteiger partial charge >= 0.3 is 5.97 Å². The average Bonchev–Trinajstić information content (AvgIpc) is 2.28. The van der Waals surface area contributed by atoms with Crippen LogP contribution < -0.4 is 0 Å². The molecule has 1 heterocycles. The number of carbonyl (C=O) groups is 2. The zero-order valence-corrected chi connectivity index (χ0v) is 8.77. The van der Waals surface area contributed by atoms with Gasteiger partial charge in [-0.3, -0.25) is 9.78 Å². The Bertz CT molecular complexity index is 356. The van der Waals surface area contributed by atoms with Gasteiger partial charge < -0.3 is 4.74 Å². The molecule has 1 aromatic heterocycles. The van der Waals surface area contributed by atoms with E-state index >= 15 is 0 Å². The third-order valence-electron chi connectivity index (χ3n) is 1.54. The molecule has 0 aliphatic carbocycles. The fourth-order valence-corrected chi connectivity index (χ4v) is 1.05. The van der Waals surface area contributed by atoms with Gasteiger partial charge in [-0.1, -0.05) is 0 Å². The van der Waals surface area contributed by atoms with Crippen LogP contribution >= 0.6 is 11.6 Å². The Labute approximate surface area is 91.4 Å². The van der Waals surface area contributed by atoms with Gasteiger partial charge in [0.25, 0.3) is 0 Å². The predicted molar refractivity (Wildman–Crippen MR) is 52.6 cm³/mol. The second kappa shape index (κ2) is 5.41. The summed E-state index contributed by atoms with van der Waals surface area (Å²) < 4.78 is 4.61. The molecule has 0 fully saturated rings. The summed E-state index contributed by atoms with van der Waals surface area (Å²) in [4.78, 5) is 30.1. The zero-order valence-electron chi connectivity index (χ0n) is 8.01. The summed E-state index contributed by atoms with van der Waals surface area (Å²) in [7, 11) is 0. The Hall–Kier alpha value is -1.49. The molecule has 15 heavy (non-hydrogen) atoms. The largest absolute Gasteiger partial charge is 0.465 e. The highest BCUT2D eigenvalue weighted by atomic mass is 35.5. The van der Waals surface area contributed by atoms with E-state index in [0.29, 0.717) is 0 Å². The highest BCUT2D eigenvalue weighted by molar-refractivity contribution is 6.43. The van der Waals surface area contributed by atoms with E-state index in [1.165, 1.54) is 18.6 Å². The first-order valence-corrected chi connectivity index (χ1v) is 4.71. The monoisotopic (exact) mass is 228 g/mol. The van der Waals surface area contributed by atoms with E-state index in [1.807, 2.05) is 0 Å². The van der Waals surface area contributed by atoms with Crippen molar-refractivity contribution < 1.29 is 14.3 Å². The van der Waals surface area contributed by atoms with Crippen molar-refractivity contribution in [3.63, 3.8) is 0 Å². The maximum atomic E-state index is 11.5. The van der Waals surface area contributed by atoms with Crippen LogP contribution in [-0.2, 0) is 9.53 Å². The minimum Gasteiger partial charge on any atom is -0.465 e. The van der Waals surface area contributed by atoms with E-state index < -0.39 is 17.1 Å². The van der Waals surface area contributed by atoms with E-state index in [9.17, 15) is 9.59 Å². The number of alkyl halides is 1. The Morgan fingerprint density at radius 3 is 2.80 bits per heavy atom. The SMILES string of the molecule is CCOC(=O)C(Cl)C(=O)c1cnccn1. The van der Waals surface area contributed by atoms with Crippen molar-refractivity contribution in [2.75, 3.05) is 6.61 Å². The molecule has 5 nitrogen and oxygen atoms in total. The van der Waals surface area contributed by atoms with E-state index in [0.717, 1.165) is 0 Å². The molecule has 0 N–H and O–H groups in total. The number of ether oxygens (including phenoxy) is 1. The minimum atomic E-state index is -1.36. The summed E-state index contributed by atoms with van der Waals surface area (Å²) in [6.45, 7) is 1.81. The maximum Gasteiger partial charge on any atom is 0.332 e. The summed E-state index contributed by atoms with van der Waals surface area (Å²) in [5.41, 5.74) is 0.0468. The summed E-state index contributed by atoms with van der Waals surface area (Å²) in [5, 5.41) is -1.36. The van der Waals surface area contributed by atoms with Crippen LogP contribution in [0.5, 0.6) is 0 Å². The second-order valence-electron chi connectivity index (χ2n) is 2.57. The highest BCUT2D eigenvalue weighted by Gasteiger charge is 2.27. The van der Waals surface area contributed by atoms with Crippen LogP contribution in [-0.4, -0.2) is 33.7 Å². The van der Waals surface area contributed by atoms with Gasteiger partial charge in [0, 0.05) is 12.4 Å². The lowest BCUT2D eigenvalue weighted by Gasteiger charge is -2.06. The average molecular weight is 229 g/mol. The smallest absolute Gasteiger partial charge is 0.332 e. The Balaban J connectivity index is 2.73. The van der Waals surface area contributed by atoms with Crippen LogP contribution in [0.15, 0.2) is 18.6 Å². The molecule has 0 aliphatic heterocycles. The summed E-state index contributed by atoms with van der Waals surface area (Å²) in [6.07, 6.45) is 4.02. The molecule has 0 spiro atoms. The number of rotatable bonds is 4. The van der Waals surface area contributed by atoms with Gasteiger partial charge in [-0.05, 0) is 6.92 Å². The lowest BCUT2D eigenvalue weighted by atomic mass is 10.2. The van der Waals surface area contributed by atoms with Crippen molar-refractivity contribution in [2.24, 2.45) is 0 Å². The molecule has 0 amide bonds. The normalized spacial score (nSPS) is 11.9. The van der Waals surface area contributed by atoms with Crippen LogP contribution in [0.3, 0.4) is 0 Å². The number of hydrogen-bond acceptors (Lipinski definition) is 5. The van der Waals surface area contributed by atoms with Gasteiger partial charge in [0.2, 0.25) is 5.78 Å². The first kappa shape index (κ1) is 11.6. The number of hydrogen-bond donors (Lipinski definition) is 0. The lowest BCUT2D eigenvalue weighted by molar-refractivity contribution is -0.141. The highest BCUT2D eigenvalue weighted by Crippen LogP contribution is 2.07. The number of aromatic nitrogens is 2. The quantitative estimate of drug-likeness (QED) is 0.330. The molecule has 0 saturated heterocycles. The molecule has 1 unspecified atom stereocenters. The van der Waals surface area contributed by atoms with E-state index in [-0.39, 0.29) is 12.3 Å². The van der Waals surface area contributed by atoms with Gasteiger partial charge in [-0.25, -0.2) is 9.78 Å². The van der Waals surface area contributed by atoms with Crippen molar-refractivity contribution in [3.05, 3.63) is 24.3 Å². The molecule has 1 atom stereocenters. The molecule has 0 aliphatic rings. The number of carbonyl (C=O) groups excluding carboxylic acids is 2. The van der Waals surface area contributed by atoms with Crippen molar-refractivity contribution in [3.8, 4) is 0 Å². The fraction of sp³-hybridized carbons (Fsp3) is 0.333. The first-order chi connectivity index (χ1) is 7.16. The molecule has 0 aromatic carbocycles. The summed E-state index contributed by atoms with van der Waals surface area (Å²) in [6, 6.07) is 0. The molecule has 0 bridgehead atoms. The van der Waals surface area contributed by atoms with E-state index in [1.54, 1.807) is 6.92 Å². The molecule has 6 heteroatoms. The van der Waals surface area contributed by atoms with Crippen LogP contribution in [0, 0.1) is 0 Å². The standard InChI is InChI=1S/C9H9ClN2O3/c1-2-15-9(14)7(10)8(13)6-5-11-3-4-12-6/h3-5,7H,2H2,1H3. The Kier molecular flexibility index (Phi) is 4.17. The van der Waals surface area contributed by atoms with Crippen LogP contribution in [0.4, 0.5) is 0 Å². The van der Waals surface area contributed by atoms with Gasteiger partial charge in [-0.15, -0.1) is 11.6 Å². The molecule has 0 saturated carbocycles. The van der Waals surface area contributed by atoms with Crippen molar-refractivity contribution in [1.82, 2.24) is 9.97 Å². The first-order valence-electron chi connectivity index (χ1n) is 4.27. The van der Waals surface area contributed by atoms with Gasteiger partial charge in [0.05, 0.1) is 12.8 Å². The third-order valence-corrected chi connectivity index (χ3v) is 1.92. The second-order valence-corrected chi connectivity index (χ2v) is 3.01. The summed E-state index contributed by atoms with van der Waals surface area (Å²) in [5.74, 6) is -1.38. The van der Waals surface area contributed by atoms with Crippen molar-refractivity contribution >= 4 is 23.4 Å². The number of Topliss-reactive ketones (excluding diaryl/α,β-unsaturated/α-hetero) is 1. The van der Waals surface area contributed by atoms with E-state index in [2.05, 4.69) is 14.7 Å². The van der Waals surface area contributed by atoms with Gasteiger partial charge in [-0.2, -0.15) is 0 Å². The number of ketones is 1. The fourth-order valence-electron chi connectivity index (χ4n) is 0.879. The molecule has 80 valence electrons. The minimum absolute atomic E-state index is 0.0468. The maximum absolute atomic E-state index is 11.5. The number of nitrogens with zero attached hydrogens (tertiary/aromatic N) is 2. The zero-order chi connectivity index (χ0) is 11.3. The van der Waals surface area contributed by atoms with Crippen LogP contribution in [0.2, 0.25) is 0 Å². The molecule has 0 radical (unpaired) electrons. The number of esters is 1. The number of halogens is 1. The van der Waals surface area contributed by atoms with Crippen molar-refractivity contribution in [2.45, 2.75) is 12.3 Å². The van der Waals surface area contributed by atoms with Crippen LogP contribution in [0.1, 0.15) is 17.4 Å². The Morgan fingerprint density at radius 2 is 2.27 bits per heavy atom. The molecule has 1 aromatic rings. The molecule has 1 rings (SSSR count). The molecular formula is C9H9ClN2O3. The van der Waals surface area contributed by atoms with E-state index in [4.69, 9.17) is 11.6 Å². The van der Waals surface area contributed by atoms with Crippen LogP contribution in [0.25, 0.3) is 0 Å². The molecular weight excluding hydrogens is 220 g/mol. The topological polar surface area (TPSA) is 69.2 Å². The summed E-state index contributed by atoms with van der Waals surface area (Å²) >= 11 is 5.60. The predicted octanol–water partition coefficient (Wildman–Crippen LogP) is 0.830. The van der Waals surface area contributed by atoms with Gasteiger partial charge in [0.15, 0.2) is 5.38 Å².